The maximum Gasteiger partial charge on any atom is 0.234 e. The van der Waals surface area contributed by atoms with E-state index < -0.39 is 0 Å². The third-order valence-electron chi connectivity index (χ3n) is 5.67. The van der Waals surface area contributed by atoms with E-state index in [1.807, 2.05) is 35.1 Å². The van der Waals surface area contributed by atoms with Crippen LogP contribution >= 0.6 is 23.1 Å². The SMILES string of the molecule is CC1CCc2c(-c3nnc(SCC(=O)Nc4ccc(C(C)C)cc4)n3C)csc2C1. The second-order valence-corrected chi connectivity index (χ2v) is 10.3. The van der Waals surface area contributed by atoms with Crippen molar-refractivity contribution in [2.75, 3.05) is 11.1 Å². The average molecular weight is 441 g/mol. The fourth-order valence-corrected chi connectivity index (χ4v) is 5.77. The molecule has 1 atom stereocenters. The van der Waals surface area contributed by atoms with Crippen molar-refractivity contribution in [3.63, 3.8) is 0 Å². The number of carbonyl (C=O) groups is 1. The Morgan fingerprint density at radius 2 is 2.07 bits per heavy atom. The first-order valence-corrected chi connectivity index (χ1v) is 12.3. The lowest BCUT2D eigenvalue weighted by Gasteiger charge is -2.18. The predicted molar refractivity (Wildman–Crippen MR) is 125 cm³/mol. The van der Waals surface area contributed by atoms with Crippen LogP contribution in [0.4, 0.5) is 5.69 Å². The van der Waals surface area contributed by atoms with Crippen LogP contribution in [0.5, 0.6) is 0 Å². The van der Waals surface area contributed by atoms with Gasteiger partial charge in [0.05, 0.1) is 5.75 Å². The molecule has 2 aromatic heterocycles. The predicted octanol–water partition coefficient (Wildman–Crippen LogP) is 5.52. The van der Waals surface area contributed by atoms with Crippen molar-refractivity contribution in [3.05, 3.63) is 45.6 Å². The summed E-state index contributed by atoms with van der Waals surface area (Å²) in [6.07, 6.45) is 3.51. The van der Waals surface area contributed by atoms with Gasteiger partial charge in [0.15, 0.2) is 11.0 Å². The van der Waals surface area contributed by atoms with Gasteiger partial charge in [0, 0.05) is 28.6 Å². The summed E-state index contributed by atoms with van der Waals surface area (Å²) < 4.78 is 2.01. The Morgan fingerprint density at radius 1 is 1.30 bits per heavy atom. The van der Waals surface area contributed by atoms with E-state index in [1.165, 1.54) is 39.8 Å². The number of nitrogens with zero attached hydrogens (tertiary/aromatic N) is 3. The third-order valence-corrected chi connectivity index (χ3v) is 7.74. The highest BCUT2D eigenvalue weighted by Crippen LogP contribution is 2.38. The number of thiophene rings is 1. The highest BCUT2D eigenvalue weighted by molar-refractivity contribution is 7.99. The third kappa shape index (κ3) is 4.47. The van der Waals surface area contributed by atoms with E-state index in [-0.39, 0.29) is 5.91 Å². The van der Waals surface area contributed by atoms with Crippen molar-refractivity contribution in [1.82, 2.24) is 14.8 Å². The first kappa shape index (κ1) is 21.1. The summed E-state index contributed by atoms with van der Waals surface area (Å²) in [4.78, 5) is 13.9. The Kier molecular flexibility index (Phi) is 6.29. The van der Waals surface area contributed by atoms with E-state index in [4.69, 9.17) is 0 Å². The van der Waals surface area contributed by atoms with Gasteiger partial charge in [-0.15, -0.1) is 21.5 Å². The number of amides is 1. The van der Waals surface area contributed by atoms with Gasteiger partial charge in [0.2, 0.25) is 5.91 Å². The van der Waals surface area contributed by atoms with E-state index >= 15 is 0 Å². The second kappa shape index (κ2) is 8.94. The molecule has 158 valence electrons. The number of rotatable bonds is 6. The number of fused-ring (bicyclic) bond motifs is 1. The molecule has 30 heavy (non-hydrogen) atoms. The molecule has 0 radical (unpaired) electrons. The molecule has 0 aliphatic heterocycles. The molecule has 4 rings (SSSR count). The Balaban J connectivity index is 1.39. The Morgan fingerprint density at radius 3 is 2.80 bits per heavy atom. The fourth-order valence-electron chi connectivity index (χ4n) is 3.82. The van der Waals surface area contributed by atoms with Crippen LogP contribution in [0.3, 0.4) is 0 Å². The highest BCUT2D eigenvalue weighted by atomic mass is 32.2. The molecule has 1 amide bonds. The lowest BCUT2D eigenvalue weighted by molar-refractivity contribution is -0.113. The Labute approximate surface area is 186 Å². The van der Waals surface area contributed by atoms with Crippen molar-refractivity contribution in [2.45, 2.75) is 51.1 Å². The van der Waals surface area contributed by atoms with Gasteiger partial charge in [-0.1, -0.05) is 44.7 Å². The average Bonchev–Trinajstić information content (AvgIpc) is 3.29. The van der Waals surface area contributed by atoms with Crippen molar-refractivity contribution >= 4 is 34.7 Å². The zero-order chi connectivity index (χ0) is 21.3. The molecule has 0 bridgehead atoms. The molecular weight excluding hydrogens is 412 g/mol. The molecule has 3 aromatic rings. The molecule has 2 heterocycles. The zero-order valence-electron chi connectivity index (χ0n) is 17.9. The summed E-state index contributed by atoms with van der Waals surface area (Å²) in [7, 11) is 1.98. The Bertz CT molecular complexity index is 1040. The van der Waals surface area contributed by atoms with Gasteiger partial charge in [-0.25, -0.2) is 0 Å². The number of hydrogen-bond donors (Lipinski definition) is 1. The van der Waals surface area contributed by atoms with Crippen LogP contribution in [-0.4, -0.2) is 26.4 Å². The normalized spacial score (nSPS) is 16.0. The minimum Gasteiger partial charge on any atom is -0.325 e. The molecule has 1 aliphatic rings. The largest absolute Gasteiger partial charge is 0.325 e. The molecule has 0 spiro atoms. The number of nitrogens with one attached hydrogen (secondary N) is 1. The van der Waals surface area contributed by atoms with E-state index in [9.17, 15) is 4.79 Å². The highest BCUT2D eigenvalue weighted by Gasteiger charge is 2.23. The summed E-state index contributed by atoms with van der Waals surface area (Å²) in [5.74, 6) is 2.40. The second-order valence-electron chi connectivity index (χ2n) is 8.38. The maximum absolute atomic E-state index is 12.4. The number of thioether (sulfide) groups is 1. The monoisotopic (exact) mass is 440 g/mol. The number of hydrogen-bond acceptors (Lipinski definition) is 5. The van der Waals surface area contributed by atoms with Gasteiger partial charge in [0.25, 0.3) is 0 Å². The van der Waals surface area contributed by atoms with Gasteiger partial charge in [0.1, 0.15) is 0 Å². The molecule has 0 saturated heterocycles. The van der Waals surface area contributed by atoms with Crippen LogP contribution in [0, 0.1) is 5.92 Å². The minimum atomic E-state index is -0.0382. The first-order chi connectivity index (χ1) is 14.4. The summed E-state index contributed by atoms with van der Waals surface area (Å²) in [5.41, 5.74) is 4.73. The summed E-state index contributed by atoms with van der Waals surface area (Å²) in [6.45, 7) is 6.64. The van der Waals surface area contributed by atoms with Crippen molar-refractivity contribution in [2.24, 2.45) is 13.0 Å². The molecule has 1 unspecified atom stereocenters. The quantitative estimate of drug-likeness (QED) is 0.513. The van der Waals surface area contributed by atoms with Crippen LogP contribution in [0.2, 0.25) is 0 Å². The van der Waals surface area contributed by atoms with Gasteiger partial charge in [-0.3, -0.25) is 4.79 Å². The molecule has 1 N–H and O–H groups in total. The summed E-state index contributed by atoms with van der Waals surface area (Å²) >= 11 is 3.26. The number of anilines is 1. The minimum absolute atomic E-state index is 0.0382. The molecule has 0 fully saturated rings. The van der Waals surface area contributed by atoms with E-state index in [0.29, 0.717) is 11.7 Å². The lowest BCUT2D eigenvalue weighted by Crippen LogP contribution is -2.14. The fraction of sp³-hybridized carbons (Fsp3) is 0.435. The Hall–Kier alpha value is -2.12. The molecule has 1 aliphatic carbocycles. The van der Waals surface area contributed by atoms with Gasteiger partial charge in [-0.05, 0) is 54.4 Å². The standard InChI is InChI=1S/C23H28N4OS2/c1-14(2)16-6-8-17(9-7-16)24-21(28)13-30-23-26-25-22(27(23)4)19-12-29-20-11-15(3)5-10-18(19)20/h6-9,12,14-15H,5,10-11,13H2,1-4H3,(H,24,28). The van der Waals surface area contributed by atoms with Crippen molar-refractivity contribution in [3.8, 4) is 11.4 Å². The van der Waals surface area contributed by atoms with Crippen molar-refractivity contribution in [1.29, 1.82) is 0 Å². The first-order valence-electron chi connectivity index (χ1n) is 10.4. The lowest BCUT2D eigenvalue weighted by atomic mass is 9.88. The van der Waals surface area contributed by atoms with E-state index in [1.54, 1.807) is 0 Å². The molecule has 7 heteroatoms. The molecular formula is C23H28N4OS2. The molecule has 0 saturated carbocycles. The topological polar surface area (TPSA) is 59.8 Å². The van der Waals surface area contributed by atoms with E-state index in [0.717, 1.165) is 35.4 Å². The zero-order valence-corrected chi connectivity index (χ0v) is 19.6. The molecule has 1 aromatic carbocycles. The number of aromatic nitrogens is 3. The van der Waals surface area contributed by atoms with Crippen LogP contribution in [-0.2, 0) is 24.7 Å². The summed E-state index contributed by atoms with van der Waals surface area (Å²) in [6, 6.07) is 8.03. The van der Waals surface area contributed by atoms with Crippen LogP contribution in [0.1, 0.15) is 49.1 Å². The van der Waals surface area contributed by atoms with Gasteiger partial charge < -0.3 is 9.88 Å². The van der Waals surface area contributed by atoms with E-state index in [2.05, 4.69) is 53.8 Å². The smallest absolute Gasteiger partial charge is 0.234 e. The number of carbonyl (C=O) groups excluding carboxylic acids is 1. The maximum atomic E-state index is 12.4. The van der Waals surface area contributed by atoms with Crippen LogP contribution in [0.15, 0.2) is 34.8 Å². The van der Waals surface area contributed by atoms with Gasteiger partial charge in [-0.2, -0.15) is 0 Å². The molecule has 5 nitrogen and oxygen atoms in total. The van der Waals surface area contributed by atoms with Crippen LogP contribution < -0.4 is 5.32 Å². The number of benzene rings is 1. The summed E-state index contributed by atoms with van der Waals surface area (Å²) in [5, 5.41) is 14.7. The van der Waals surface area contributed by atoms with Gasteiger partial charge >= 0.3 is 0 Å². The van der Waals surface area contributed by atoms with Crippen LogP contribution in [0.25, 0.3) is 11.4 Å². The van der Waals surface area contributed by atoms with Crippen molar-refractivity contribution < 1.29 is 4.79 Å².